The average Bonchev–Trinajstić information content (AvgIpc) is 2.89. The first-order valence-corrected chi connectivity index (χ1v) is 5.22. The molecular weight excluding hydrogens is 196 g/mol. The van der Waals surface area contributed by atoms with E-state index in [1.165, 1.54) is 0 Å². The zero-order chi connectivity index (χ0) is 10.3. The lowest BCUT2D eigenvalue weighted by atomic mass is 9.96. The number of carbonyl (C=O) groups excluding carboxylic acids is 1. The van der Waals surface area contributed by atoms with Crippen molar-refractivity contribution in [2.75, 3.05) is 0 Å². The van der Waals surface area contributed by atoms with Crippen molar-refractivity contribution >= 4 is 17.4 Å². The van der Waals surface area contributed by atoms with Crippen molar-refractivity contribution in [3.05, 3.63) is 34.3 Å². The Hall–Kier alpha value is -0.820. The van der Waals surface area contributed by atoms with Gasteiger partial charge in [-0.2, -0.15) is 0 Å². The Morgan fingerprint density at radius 2 is 2.07 bits per heavy atom. The lowest BCUT2D eigenvalue weighted by Gasteiger charge is -2.08. The summed E-state index contributed by atoms with van der Waals surface area (Å²) in [5, 5.41) is 0.681. The van der Waals surface area contributed by atoms with E-state index in [1.807, 2.05) is 26.0 Å². The molecule has 0 aliphatic heterocycles. The zero-order valence-corrected chi connectivity index (χ0v) is 9.19. The van der Waals surface area contributed by atoms with Crippen LogP contribution in [0.2, 0.25) is 5.02 Å². The second-order valence-corrected chi connectivity index (χ2v) is 4.76. The summed E-state index contributed by atoms with van der Waals surface area (Å²) in [6.45, 7) is 3.96. The van der Waals surface area contributed by atoms with Crippen molar-refractivity contribution in [2.24, 2.45) is 5.41 Å². The Morgan fingerprint density at radius 3 is 2.57 bits per heavy atom. The van der Waals surface area contributed by atoms with Gasteiger partial charge < -0.3 is 0 Å². The summed E-state index contributed by atoms with van der Waals surface area (Å²) in [4.78, 5) is 11.9. The number of Topliss-reactive ketones (excluding diaryl/α,β-unsaturated/α-hetero) is 1. The molecule has 0 amide bonds. The van der Waals surface area contributed by atoms with Crippen molar-refractivity contribution in [1.82, 2.24) is 0 Å². The smallest absolute Gasteiger partial charge is 0.168 e. The molecule has 1 saturated carbocycles. The molecule has 0 unspecified atom stereocenters. The van der Waals surface area contributed by atoms with Crippen molar-refractivity contribution in [3.63, 3.8) is 0 Å². The van der Waals surface area contributed by atoms with Crippen LogP contribution in [0.4, 0.5) is 0 Å². The number of ketones is 1. The van der Waals surface area contributed by atoms with E-state index in [4.69, 9.17) is 11.6 Å². The summed E-state index contributed by atoms with van der Waals surface area (Å²) in [7, 11) is 0. The fourth-order valence-electron chi connectivity index (χ4n) is 1.50. The Balaban J connectivity index is 2.33. The SMILES string of the molecule is Cc1ccc(C(=O)C2(C)CC2)cc1Cl. The van der Waals surface area contributed by atoms with Crippen molar-refractivity contribution in [2.45, 2.75) is 26.7 Å². The van der Waals surface area contributed by atoms with Gasteiger partial charge in [0.1, 0.15) is 0 Å². The normalized spacial score (nSPS) is 17.9. The molecule has 1 nitrogen and oxygen atoms in total. The van der Waals surface area contributed by atoms with Crippen LogP contribution in [0.5, 0.6) is 0 Å². The first-order valence-electron chi connectivity index (χ1n) is 4.84. The van der Waals surface area contributed by atoms with Crippen LogP contribution >= 0.6 is 11.6 Å². The van der Waals surface area contributed by atoms with Crippen molar-refractivity contribution in [1.29, 1.82) is 0 Å². The highest BCUT2D eigenvalue weighted by atomic mass is 35.5. The van der Waals surface area contributed by atoms with Crippen molar-refractivity contribution < 1.29 is 4.79 Å². The molecule has 1 aromatic carbocycles. The number of hydrogen-bond donors (Lipinski definition) is 0. The molecule has 1 fully saturated rings. The summed E-state index contributed by atoms with van der Waals surface area (Å²) in [5.41, 5.74) is 1.67. The van der Waals surface area contributed by atoms with Gasteiger partial charge in [-0.3, -0.25) is 4.79 Å². The predicted octanol–water partition coefficient (Wildman–Crippen LogP) is 3.63. The number of hydrogen-bond acceptors (Lipinski definition) is 1. The van der Waals surface area contributed by atoms with Crippen LogP contribution in [0.3, 0.4) is 0 Å². The topological polar surface area (TPSA) is 17.1 Å². The summed E-state index contributed by atoms with van der Waals surface area (Å²) in [6.07, 6.45) is 2.02. The molecule has 0 radical (unpaired) electrons. The van der Waals surface area contributed by atoms with E-state index in [-0.39, 0.29) is 11.2 Å². The van der Waals surface area contributed by atoms with Crippen LogP contribution in [0.15, 0.2) is 18.2 Å². The zero-order valence-electron chi connectivity index (χ0n) is 8.43. The molecule has 0 saturated heterocycles. The van der Waals surface area contributed by atoms with E-state index in [1.54, 1.807) is 6.07 Å². The maximum absolute atomic E-state index is 11.9. The third-order valence-electron chi connectivity index (χ3n) is 2.98. The molecule has 1 aliphatic carbocycles. The van der Waals surface area contributed by atoms with Gasteiger partial charge in [-0.25, -0.2) is 0 Å². The lowest BCUT2D eigenvalue weighted by Crippen LogP contribution is -2.11. The monoisotopic (exact) mass is 208 g/mol. The van der Waals surface area contributed by atoms with E-state index < -0.39 is 0 Å². The number of carbonyl (C=O) groups is 1. The third-order valence-corrected chi connectivity index (χ3v) is 3.39. The average molecular weight is 209 g/mol. The van der Waals surface area contributed by atoms with Crippen LogP contribution in [0.1, 0.15) is 35.7 Å². The number of rotatable bonds is 2. The maximum Gasteiger partial charge on any atom is 0.168 e. The van der Waals surface area contributed by atoms with Gasteiger partial charge in [0, 0.05) is 16.0 Å². The summed E-state index contributed by atoms with van der Waals surface area (Å²) >= 11 is 5.98. The Morgan fingerprint density at radius 1 is 1.43 bits per heavy atom. The van der Waals surface area contributed by atoms with E-state index in [0.717, 1.165) is 24.0 Å². The standard InChI is InChI=1S/C12H13ClO/c1-8-3-4-9(7-10(8)13)11(14)12(2)5-6-12/h3-4,7H,5-6H2,1-2H3. The number of benzene rings is 1. The fraction of sp³-hybridized carbons (Fsp3) is 0.417. The van der Waals surface area contributed by atoms with Gasteiger partial charge in [0.2, 0.25) is 0 Å². The molecule has 1 aliphatic rings. The van der Waals surface area contributed by atoms with Crippen LogP contribution in [-0.4, -0.2) is 5.78 Å². The minimum absolute atomic E-state index is 0.0986. The van der Waals surface area contributed by atoms with Crippen LogP contribution in [0, 0.1) is 12.3 Å². The fourth-order valence-corrected chi connectivity index (χ4v) is 1.68. The lowest BCUT2D eigenvalue weighted by molar-refractivity contribution is 0.0912. The van der Waals surface area contributed by atoms with Crippen LogP contribution in [0.25, 0.3) is 0 Å². The van der Waals surface area contributed by atoms with Gasteiger partial charge in [-0.05, 0) is 31.4 Å². The van der Waals surface area contributed by atoms with Gasteiger partial charge in [0.05, 0.1) is 0 Å². The Labute approximate surface area is 89.1 Å². The van der Waals surface area contributed by atoms with Crippen molar-refractivity contribution in [3.8, 4) is 0 Å². The third kappa shape index (κ3) is 1.57. The molecule has 14 heavy (non-hydrogen) atoms. The molecule has 0 N–H and O–H groups in total. The highest BCUT2D eigenvalue weighted by molar-refractivity contribution is 6.31. The number of aryl methyl sites for hydroxylation is 1. The molecule has 0 aromatic heterocycles. The van der Waals surface area contributed by atoms with E-state index in [0.29, 0.717) is 5.02 Å². The first kappa shape index (κ1) is 9.72. The van der Waals surface area contributed by atoms with Gasteiger partial charge in [-0.15, -0.1) is 0 Å². The van der Waals surface area contributed by atoms with Gasteiger partial charge in [-0.1, -0.05) is 30.7 Å². The second-order valence-electron chi connectivity index (χ2n) is 4.35. The molecule has 74 valence electrons. The summed E-state index contributed by atoms with van der Waals surface area (Å²) in [6, 6.07) is 5.55. The highest BCUT2D eigenvalue weighted by Gasteiger charge is 2.44. The van der Waals surface area contributed by atoms with Gasteiger partial charge in [0.25, 0.3) is 0 Å². The molecule has 1 aromatic rings. The summed E-state index contributed by atoms with van der Waals surface area (Å²) in [5.74, 6) is 0.236. The van der Waals surface area contributed by atoms with E-state index >= 15 is 0 Å². The minimum Gasteiger partial charge on any atom is -0.294 e. The predicted molar refractivity (Wildman–Crippen MR) is 57.9 cm³/mol. The first-order chi connectivity index (χ1) is 6.53. The Bertz CT molecular complexity index is 391. The summed E-state index contributed by atoms with van der Waals surface area (Å²) < 4.78 is 0. The largest absolute Gasteiger partial charge is 0.294 e. The van der Waals surface area contributed by atoms with Gasteiger partial charge >= 0.3 is 0 Å². The molecule has 2 rings (SSSR count). The molecular formula is C12H13ClO. The second kappa shape index (κ2) is 3.09. The number of halogens is 1. The highest BCUT2D eigenvalue weighted by Crippen LogP contribution is 2.47. The van der Waals surface area contributed by atoms with Crippen LogP contribution < -0.4 is 0 Å². The van der Waals surface area contributed by atoms with E-state index in [2.05, 4.69) is 0 Å². The molecule has 2 heteroatoms. The van der Waals surface area contributed by atoms with E-state index in [9.17, 15) is 4.79 Å². The Kier molecular flexibility index (Phi) is 2.15. The quantitative estimate of drug-likeness (QED) is 0.679. The molecule has 0 atom stereocenters. The minimum atomic E-state index is -0.0986. The van der Waals surface area contributed by atoms with Crippen LogP contribution in [-0.2, 0) is 0 Å². The molecule has 0 spiro atoms. The maximum atomic E-state index is 11.9. The molecule has 0 heterocycles. The molecule has 0 bridgehead atoms. The van der Waals surface area contributed by atoms with Gasteiger partial charge in [0.15, 0.2) is 5.78 Å².